The number of benzene rings is 2. The molecule has 4 rings (SSSR count). The fourth-order valence-electron chi connectivity index (χ4n) is 3.45. The fourth-order valence-corrected chi connectivity index (χ4v) is 4.54. The van der Waals surface area contributed by atoms with E-state index in [2.05, 4.69) is 19.2 Å². The number of hydrogen-bond donors (Lipinski definition) is 1. The number of nitrogens with one attached hydrogen (secondary N) is 1. The van der Waals surface area contributed by atoms with Gasteiger partial charge in [-0.15, -0.1) is 11.3 Å². The molecule has 0 aliphatic carbocycles. The summed E-state index contributed by atoms with van der Waals surface area (Å²) in [5, 5.41) is 2.86. The Morgan fingerprint density at radius 1 is 1.17 bits per heavy atom. The van der Waals surface area contributed by atoms with Crippen LogP contribution in [0.15, 0.2) is 54.6 Å². The summed E-state index contributed by atoms with van der Waals surface area (Å²) in [7, 11) is 0. The lowest BCUT2D eigenvalue weighted by Crippen LogP contribution is -2.21. The summed E-state index contributed by atoms with van der Waals surface area (Å²) in [6, 6.07) is 17.2. The van der Waals surface area contributed by atoms with Crippen molar-refractivity contribution >= 4 is 28.9 Å². The molecule has 1 aliphatic heterocycles. The molecular formula is C24H23NO4S. The number of fused-ring (bicyclic) bond motifs is 3. The molecule has 0 saturated carbocycles. The monoisotopic (exact) mass is 421 g/mol. The number of thiophene rings is 1. The molecule has 0 saturated heterocycles. The lowest BCUT2D eigenvalue weighted by Gasteiger charge is -2.16. The van der Waals surface area contributed by atoms with E-state index in [0.29, 0.717) is 17.4 Å². The van der Waals surface area contributed by atoms with Crippen molar-refractivity contribution in [1.29, 1.82) is 0 Å². The van der Waals surface area contributed by atoms with Gasteiger partial charge in [-0.25, -0.2) is 4.79 Å². The topological polar surface area (TPSA) is 64.6 Å². The highest BCUT2D eigenvalue weighted by Crippen LogP contribution is 2.42. The van der Waals surface area contributed by atoms with Crippen LogP contribution in [0.2, 0.25) is 0 Å². The molecular weight excluding hydrogens is 398 g/mol. The minimum atomic E-state index is -0.503. The molecule has 0 radical (unpaired) electrons. The summed E-state index contributed by atoms with van der Waals surface area (Å²) in [5.41, 5.74) is 3.76. The zero-order valence-corrected chi connectivity index (χ0v) is 17.8. The van der Waals surface area contributed by atoms with Gasteiger partial charge in [0.1, 0.15) is 17.2 Å². The number of amides is 1. The van der Waals surface area contributed by atoms with E-state index in [1.807, 2.05) is 48.5 Å². The largest absolute Gasteiger partial charge is 0.488 e. The SMILES string of the molecule is CC[C@H](C)c1ccccc1NC(=O)COC(=O)c1cc2c(s1)-c1ccccc1OC2. The Bertz CT molecular complexity index is 1090. The molecule has 1 aromatic heterocycles. The molecule has 2 heterocycles. The summed E-state index contributed by atoms with van der Waals surface area (Å²) in [6.45, 7) is 4.31. The van der Waals surface area contributed by atoms with Crippen molar-refractivity contribution in [2.24, 2.45) is 0 Å². The second kappa shape index (κ2) is 8.71. The number of ether oxygens (including phenoxy) is 2. The van der Waals surface area contributed by atoms with Crippen LogP contribution in [-0.2, 0) is 16.1 Å². The van der Waals surface area contributed by atoms with E-state index in [1.54, 1.807) is 6.07 Å². The Labute approximate surface area is 179 Å². The van der Waals surface area contributed by atoms with Gasteiger partial charge in [0.05, 0.1) is 0 Å². The molecule has 0 bridgehead atoms. The molecule has 0 spiro atoms. The van der Waals surface area contributed by atoms with E-state index in [0.717, 1.165) is 39.4 Å². The van der Waals surface area contributed by atoms with E-state index >= 15 is 0 Å². The quantitative estimate of drug-likeness (QED) is 0.525. The Kier molecular flexibility index (Phi) is 5.86. The maximum Gasteiger partial charge on any atom is 0.348 e. The van der Waals surface area contributed by atoms with Gasteiger partial charge in [0.25, 0.3) is 5.91 Å². The Balaban J connectivity index is 1.41. The smallest absolute Gasteiger partial charge is 0.348 e. The van der Waals surface area contributed by atoms with Crippen molar-refractivity contribution in [2.45, 2.75) is 32.8 Å². The minimum Gasteiger partial charge on any atom is -0.488 e. The van der Waals surface area contributed by atoms with Crippen LogP contribution in [0, 0.1) is 0 Å². The van der Waals surface area contributed by atoms with Crippen LogP contribution in [0.1, 0.15) is 47.0 Å². The highest BCUT2D eigenvalue weighted by Gasteiger charge is 2.23. The van der Waals surface area contributed by atoms with E-state index in [1.165, 1.54) is 11.3 Å². The van der Waals surface area contributed by atoms with Crippen molar-refractivity contribution in [3.05, 3.63) is 70.6 Å². The average molecular weight is 422 g/mol. The summed E-state index contributed by atoms with van der Waals surface area (Å²) in [5.74, 6) is 0.282. The summed E-state index contributed by atoms with van der Waals surface area (Å²) < 4.78 is 11.0. The van der Waals surface area contributed by atoms with Crippen LogP contribution in [0.5, 0.6) is 5.75 Å². The first-order chi connectivity index (χ1) is 14.6. The summed E-state index contributed by atoms with van der Waals surface area (Å²) in [6.07, 6.45) is 0.970. The van der Waals surface area contributed by atoms with Gasteiger partial charge < -0.3 is 14.8 Å². The average Bonchev–Trinajstić information content (AvgIpc) is 3.22. The highest BCUT2D eigenvalue weighted by molar-refractivity contribution is 7.17. The van der Waals surface area contributed by atoms with E-state index in [-0.39, 0.29) is 12.5 Å². The maximum absolute atomic E-state index is 12.5. The van der Waals surface area contributed by atoms with Gasteiger partial charge in [-0.05, 0) is 42.2 Å². The molecule has 1 N–H and O–H groups in total. The normalized spacial score (nSPS) is 12.9. The van der Waals surface area contributed by atoms with Gasteiger partial charge >= 0.3 is 5.97 Å². The van der Waals surface area contributed by atoms with E-state index in [4.69, 9.17) is 9.47 Å². The first-order valence-electron chi connectivity index (χ1n) is 9.97. The first-order valence-corrected chi connectivity index (χ1v) is 10.8. The number of para-hydroxylation sites is 2. The standard InChI is InChI=1S/C24H23NO4S/c1-3-15(2)17-8-4-6-10-19(17)25-22(26)14-29-24(27)21-12-16-13-28-20-11-7-5-9-18(20)23(16)30-21/h4-12,15H,3,13-14H2,1-2H3,(H,25,26)/t15-/m0/s1. The zero-order chi connectivity index (χ0) is 21.1. The summed E-state index contributed by atoms with van der Waals surface area (Å²) >= 11 is 1.36. The van der Waals surface area contributed by atoms with Gasteiger partial charge in [-0.1, -0.05) is 44.2 Å². The number of anilines is 1. The second-order valence-corrected chi connectivity index (χ2v) is 8.32. The first kappa shape index (κ1) is 20.2. The molecule has 1 aliphatic rings. The van der Waals surface area contributed by atoms with Crippen LogP contribution in [-0.4, -0.2) is 18.5 Å². The van der Waals surface area contributed by atoms with Gasteiger partial charge in [0.15, 0.2) is 6.61 Å². The molecule has 0 fully saturated rings. The molecule has 2 aromatic carbocycles. The second-order valence-electron chi connectivity index (χ2n) is 7.27. The Hall–Kier alpha value is -3.12. The van der Waals surface area contributed by atoms with Crippen LogP contribution in [0.4, 0.5) is 5.69 Å². The molecule has 154 valence electrons. The highest BCUT2D eigenvalue weighted by atomic mass is 32.1. The predicted octanol–water partition coefficient (Wildman–Crippen LogP) is 5.62. The number of hydrogen-bond acceptors (Lipinski definition) is 5. The molecule has 0 unspecified atom stereocenters. The lowest BCUT2D eigenvalue weighted by atomic mass is 9.97. The van der Waals surface area contributed by atoms with E-state index < -0.39 is 5.97 Å². The molecule has 1 amide bonds. The maximum atomic E-state index is 12.5. The van der Waals surface area contributed by atoms with Crippen molar-refractivity contribution in [3.8, 4) is 16.2 Å². The molecule has 6 heteroatoms. The Morgan fingerprint density at radius 2 is 1.93 bits per heavy atom. The van der Waals surface area contributed by atoms with Gasteiger partial charge in [0.2, 0.25) is 0 Å². The fraction of sp³-hybridized carbons (Fsp3) is 0.250. The molecule has 3 aromatic rings. The van der Waals surface area contributed by atoms with E-state index in [9.17, 15) is 9.59 Å². The van der Waals surface area contributed by atoms with Crippen LogP contribution in [0.25, 0.3) is 10.4 Å². The lowest BCUT2D eigenvalue weighted by molar-refractivity contribution is -0.119. The van der Waals surface area contributed by atoms with Crippen molar-refractivity contribution < 1.29 is 19.1 Å². The van der Waals surface area contributed by atoms with Crippen LogP contribution in [0.3, 0.4) is 0 Å². The minimum absolute atomic E-state index is 0.326. The predicted molar refractivity (Wildman–Crippen MR) is 118 cm³/mol. The zero-order valence-electron chi connectivity index (χ0n) is 16.9. The number of rotatable bonds is 6. The van der Waals surface area contributed by atoms with Gasteiger partial charge in [-0.3, -0.25) is 4.79 Å². The van der Waals surface area contributed by atoms with Gasteiger partial charge in [0, 0.05) is 21.7 Å². The third kappa shape index (κ3) is 4.09. The van der Waals surface area contributed by atoms with Crippen molar-refractivity contribution in [1.82, 2.24) is 0 Å². The molecule has 1 atom stereocenters. The number of carbonyl (C=O) groups excluding carboxylic acids is 2. The number of carbonyl (C=O) groups is 2. The third-order valence-electron chi connectivity index (χ3n) is 5.24. The van der Waals surface area contributed by atoms with Crippen LogP contribution < -0.4 is 10.1 Å². The Morgan fingerprint density at radius 3 is 2.77 bits per heavy atom. The number of esters is 1. The molecule has 30 heavy (non-hydrogen) atoms. The van der Waals surface area contributed by atoms with Crippen LogP contribution >= 0.6 is 11.3 Å². The third-order valence-corrected chi connectivity index (χ3v) is 6.43. The van der Waals surface area contributed by atoms with Crippen molar-refractivity contribution in [3.63, 3.8) is 0 Å². The molecule has 5 nitrogen and oxygen atoms in total. The summed E-state index contributed by atoms with van der Waals surface area (Å²) in [4.78, 5) is 26.4. The van der Waals surface area contributed by atoms with Crippen molar-refractivity contribution in [2.75, 3.05) is 11.9 Å². The van der Waals surface area contributed by atoms with Gasteiger partial charge in [-0.2, -0.15) is 0 Å².